The molecule has 1 aliphatic rings. The quantitative estimate of drug-likeness (QED) is 0.627. The van der Waals surface area contributed by atoms with E-state index in [9.17, 15) is 13.2 Å². The van der Waals surface area contributed by atoms with Gasteiger partial charge < -0.3 is 9.73 Å². The van der Waals surface area contributed by atoms with Gasteiger partial charge in [0.2, 0.25) is 21.8 Å². The summed E-state index contributed by atoms with van der Waals surface area (Å²) in [4.78, 5) is 17.2. The lowest BCUT2D eigenvalue weighted by Gasteiger charge is -2.26. The Kier molecular flexibility index (Phi) is 6.20. The van der Waals surface area contributed by atoms with Crippen LogP contribution in [0.1, 0.15) is 30.5 Å². The number of carbonyl (C=O) groups is 1. The van der Waals surface area contributed by atoms with Gasteiger partial charge >= 0.3 is 0 Å². The van der Waals surface area contributed by atoms with Crippen molar-refractivity contribution in [2.75, 3.05) is 18.4 Å². The second-order valence-corrected chi connectivity index (χ2v) is 9.61. The van der Waals surface area contributed by atoms with E-state index < -0.39 is 10.0 Å². The molecule has 0 atom stereocenters. The van der Waals surface area contributed by atoms with E-state index in [1.807, 2.05) is 37.3 Å². The van der Waals surface area contributed by atoms with Crippen LogP contribution in [0, 0.1) is 6.92 Å². The third kappa shape index (κ3) is 4.86. The summed E-state index contributed by atoms with van der Waals surface area (Å²) in [7, 11) is -3.57. The number of hydrogen-bond acceptors (Lipinski definition) is 5. The Morgan fingerprint density at radius 2 is 1.84 bits per heavy atom. The van der Waals surface area contributed by atoms with E-state index >= 15 is 0 Å². The molecule has 7 nitrogen and oxygen atoms in total. The van der Waals surface area contributed by atoms with Gasteiger partial charge in [-0.05, 0) is 49.6 Å². The number of carbonyl (C=O) groups excluding carboxylic acids is 1. The maximum atomic E-state index is 13.0. The molecule has 0 aliphatic carbocycles. The molecule has 1 saturated heterocycles. The fourth-order valence-electron chi connectivity index (χ4n) is 3.61. The molecular weight excluding hydrogens is 414 g/mol. The number of oxazole rings is 1. The standard InChI is InChI=1S/C23H25N3O4S/c1-17-10-11-20(31(28,29)26-12-6-3-7-13-26)15-21(17)25-22(27)14-19-16-30-23(24-19)18-8-4-2-5-9-18/h2,4-5,8-11,15-16H,3,6-7,12-14H2,1H3,(H,25,27). The second kappa shape index (κ2) is 9.03. The lowest BCUT2D eigenvalue weighted by atomic mass is 10.2. The number of benzene rings is 2. The van der Waals surface area contributed by atoms with Gasteiger partial charge in [0.25, 0.3) is 0 Å². The molecule has 0 radical (unpaired) electrons. The summed E-state index contributed by atoms with van der Waals surface area (Å²) in [5, 5.41) is 2.82. The summed E-state index contributed by atoms with van der Waals surface area (Å²) in [6.07, 6.45) is 4.29. The molecule has 1 aliphatic heterocycles. The Morgan fingerprint density at radius 3 is 2.58 bits per heavy atom. The van der Waals surface area contributed by atoms with E-state index in [0.717, 1.165) is 30.4 Å². The minimum Gasteiger partial charge on any atom is -0.444 e. The number of sulfonamides is 1. The molecule has 8 heteroatoms. The molecule has 3 aromatic rings. The fraction of sp³-hybridized carbons (Fsp3) is 0.304. The Labute approximate surface area is 182 Å². The van der Waals surface area contributed by atoms with Gasteiger partial charge in [-0.15, -0.1) is 0 Å². The number of rotatable bonds is 6. The smallest absolute Gasteiger partial charge is 0.243 e. The number of aryl methyl sites for hydroxylation is 1. The number of hydrogen-bond donors (Lipinski definition) is 1. The molecule has 0 spiro atoms. The van der Waals surface area contributed by atoms with Crippen molar-refractivity contribution in [2.24, 2.45) is 0 Å². The van der Waals surface area contributed by atoms with Crippen LogP contribution in [-0.4, -0.2) is 36.7 Å². The fourth-order valence-corrected chi connectivity index (χ4v) is 5.15. The molecule has 162 valence electrons. The van der Waals surface area contributed by atoms with Crippen LogP contribution in [0.5, 0.6) is 0 Å². The van der Waals surface area contributed by atoms with Crippen LogP contribution >= 0.6 is 0 Å². The predicted octanol–water partition coefficient (Wildman–Crippen LogP) is 4.01. The summed E-state index contributed by atoms with van der Waals surface area (Å²) in [6.45, 7) is 2.90. The lowest BCUT2D eigenvalue weighted by Crippen LogP contribution is -2.35. The number of nitrogens with zero attached hydrogens (tertiary/aromatic N) is 2. The number of amides is 1. The van der Waals surface area contributed by atoms with Gasteiger partial charge in [-0.1, -0.05) is 30.7 Å². The average Bonchev–Trinajstić information content (AvgIpc) is 3.24. The van der Waals surface area contributed by atoms with Crippen molar-refractivity contribution in [3.63, 3.8) is 0 Å². The SMILES string of the molecule is Cc1ccc(S(=O)(=O)N2CCCCC2)cc1NC(=O)Cc1coc(-c2ccccc2)n1. The summed E-state index contributed by atoms with van der Waals surface area (Å²) in [5.41, 5.74) is 2.61. The molecular formula is C23H25N3O4S. The van der Waals surface area contributed by atoms with Crippen LogP contribution in [0.4, 0.5) is 5.69 Å². The largest absolute Gasteiger partial charge is 0.444 e. The van der Waals surface area contributed by atoms with Crippen molar-refractivity contribution >= 4 is 21.6 Å². The Hall–Kier alpha value is -2.97. The zero-order valence-corrected chi connectivity index (χ0v) is 18.2. The highest BCUT2D eigenvalue weighted by molar-refractivity contribution is 7.89. The zero-order chi connectivity index (χ0) is 21.8. The van der Waals surface area contributed by atoms with Crippen LogP contribution in [0.2, 0.25) is 0 Å². The average molecular weight is 440 g/mol. The first-order valence-corrected chi connectivity index (χ1v) is 11.8. The van der Waals surface area contributed by atoms with Gasteiger partial charge in [-0.2, -0.15) is 4.31 Å². The zero-order valence-electron chi connectivity index (χ0n) is 17.4. The minimum absolute atomic E-state index is 0.0267. The Balaban J connectivity index is 1.47. The first-order chi connectivity index (χ1) is 14.9. The van der Waals surface area contributed by atoms with Gasteiger partial charge in [0.05, 0.1) is 17.0 Å². The molecule has 31 heavy (non-hydrogen) atoms. The highest BCUT2D eigenvalue weighted by Crippen LogP contribution is 2.25. The van der Waals surface area contributed by atoms with E-state index in [1.54, 1.807) is 12.1 Å². The van der Waals surface area contributed by atoms with Crippen LogP contribution in [0.3, 0.4) is 0 Å². The summed E-state index contributed by atoms with van der Waals surface area (Å²) < 4.78 is 32.9. The van der Waals surface area contributed by atoms with Gasteiger partial charge in [0.1, 0.15) is 6.26 Å². The molecule has 1 aromatic heterocycles. The molecule has 1 amide bonds. The van der Waals surface area contributed by atoms with Gasteiger partial charge in [0.15, 0.2) is 0 Å². The van der Waals surface area contributed by atoms with Gasteiger partial charge in [0, 0.05) is 24.3 Å². The van der Waals surface area contributed by atoms with Crippen LogP contribution in [0.25, 0.3) is 11.5 Å². The molecule has 4 rings (SSSR count). The van der Waals surface area contributed by atoms with Crippen molar-refractivity contribution in [3.8, 4) is 11.5 Å². The van der Waals surface area contributed by atoms with Crippen molar-refractivity contribution < 1.29 is 17.6 Å². The van der Waals surface area contributed by atoms with E-state index in [0.29, 0.717) is 30.4 Å². The van der Waals surface area contributed by atoms with E-state index in [-0.39, 0.29) is 17.2 Å². The number of aromatic nitrogens is 1. The second-order valence-electron chi connectivity index (χ2n) is 7.68. The first kappa shape index (κ1) is 21.3. The number of anilines is 1. The van der Waals surface area contributed by atoms with Crippen molar-refractivity contribution in [2.45, 2.75) is 37.5 Å². The molecule has 0 bridgehead atoms. The summed E-state index contributed by atoms with van der Waals surface area (Å²) in [6, 6.07) is 14.3. The molecule has 2 aromatic carbocycles. The van der Waals surface area contributed by atoms with E-state index in [4.69, 9.17) is 4.42 Å². The van der Waals surface area contributed by atoms with Crippen molar-refractivity contribution in [1.29, 1.82) is 0 Å². The van der Waals surface area contributed by atoms with Crippen LogP contribution in [0.15, 0.2) is 64.1 Å². The first-order valence-electron chi connectivity index (χ1n) is 10.3. The van der Waals surface area contributed by atoms with E-state index in [1.165, 1.54) is 16.6 Å². The predicted molar refractivity (Wildman–Crippen MR) is 118 cm³/mol. The van der Waals surface area contributed by atoms with E-state index in [2.05, 4.69) is 10.3 Å². The molecule has 0 unspecified atom stereocenters. The van der Waals surface area contributed by atoms with Crippen LogP contribution < -0.4 is 5.32 Å². The Bertz CT molecular complexity index is 1170. The number of piperidine rings is 1. The van der Waals surface area contributed by atoms with Gasteiger partial charge in [-0.3, -0.25) is 4.79 Å². The summed E-state index contributed by atoms with van der Waals surface area (Å²) >= 11 is 0. The molecule has 1 N–H and O–H groups in total. The monoisotopic (exact) mass is 439 g/mol. The summed E-state index contributed by atoms with van der Waals surface area (Å²) in [5.74, 6) is 0.165. The maximum Gasteiger partial charge on any atom is 0.243 e. The minimum atomic E-state index is -3.57. The molecule has 0 saturated carbocycles. The normalized spacial score (nSPS) is 15.0. The maximum absolute atomic E-state index is 13.0. The van der Waals surface area contributed by atoms with Crippen molar-refractivity contribution in [1.82, 2.24) is 9.29 Å². The topological polar surface area (TPSA) is 92.5 Å². The Morgan fingerprint density at radius 1 is 1.10 bits per heavy atom. The molecule has 2 heterocycles. The van der Waals surface area contributed by atoms with Gasteiger partial charge in [-0.25, -0.2) is 13.4 Å². The number of nitrogens with one attached hydrogen (secondary N) is 1. The highest BCUT2D eigenvalue weighted by Gasteiger charge is 2.26. The highest BCUT2D eigenvalue weighted by atomic mass is 32.2. The third-order valence-electron chi connectivity index (χ3n) is 5.35. The third-order valence-corrected chi connectivity index (χ3v) is 7.24. The van der Waals surface area contributed by atoms with Crippen LogP contribution in [-0.2, 0) is 21.2 Å². The lowest BCUT2D eigenvalue weighted by molar-refractivity contribution is -0.115. The van der Waals surface area contributed by atoms with Crippen molar-refractivity contribution in [3.05, 3.63) is 66.1 Å². The molecule has 1 fully saturated rings.